The van der Waals surface area contributed by atoms with Crippen LogP contribution in [0.3, 0.4) is 0 Å². The standard InChI is InChI=1S/C18H10BrF3N2O4S2/c1-23-16(25)15(30-17(23)29)7-9-6-11(19)3-5-13(9)28-14-4-2-10(18(20,21)22)8-12(14)24(26)27/h2-8H,1H3/b15-7-. The minimum atomic E-state index is -4.74. The lowest BCUT2D eigenvalue weighted by molar-refractivity contribution is -0.385. The number of thioether (sulfide) groups is 1. The zero-order chi connectivity index (χ0) is 22.2. The highest BCUT2D eigenvalue weighted by atomic mass is 79.9. The van der Waals surface area contributed by atoms with Gasteiger partial charge in [-0.25, -0.2) is 0 Å². The van der Waals surface area contributed by atoms with Crippen LogP contribution in [0.1, 0.15) is 11.1 Å². The van der Waals surface area contributed by atoms with Gasteiger partial charge in [0, 0.05) is 23.2 Å². The first-order valence-electron chi connectivity index (χ1n) is 8.02. The summed E-state index contributed by atoms with van der Waals surface area (Å²) in [5.74, 6) is -0.577. The third kappa shape index (κ3) is 4.65. The van der Waals surface area contributed by atoms with Crippen molar-refractivity contribution in [2.75, 3.05) is 7.05 Å². The first-order valence-corrected chi connectivity index (χ1v) is 10.0. The number of hydrogen-bond donors (Lipinski definition) is 0. The van der Waals surface area contributed by atoms with E-state index >= 15 is 0 Å². The molecule has 0 bridgehead atoms. The molecule has 1 fully saturated rings. The van der Waals surface area contributed by atoms with Crippen molar-refractivity contribution in [3.05, 3.63) is 67.0 Å². The first-order chi connectivity index (χ1) is 14.0. The molecule has 0 N–H and O–H groups in total. The summed E-state index contributed by atoms with van der Waals surface area (Å²) >= 11 is 9.45. The number of alkyl halides is 3. The molecular weight excluding hydrogens is 509 g/mol. The van der Waals surface area contributed by atoms with Gasteiger partial charge in [-0.05, 0) is 36.4 Å². The summed E-state index contributed by atoms with van der Waals surface area (Å²) in [4.78, 5) is 24.2. The van der Waals surface area contributed by atoms with E-state index in [1.165, 1.54) is 24.1 Å². The fourth-order valence-corrected chi connectivity index (χ4v) is 4.00. The van der Waals surface area contributed by atoms with Crippen LogP contribution >= 0.6 is 39.9 Å². The van der Waals surface area contributed by atoms with Gasteiger partial charge in [0.2, 0.25) is 5.75 Å². The largest absolute Gasteiger partial charge is 0.449 e. The van der Waals surface area contributed by atoms with Crippen molar-refractivity contribution < 1.29 is 27.6 Å². The maximum atomic E-state index is 12.9. The first kappa shape index (κ1) is 22.2. The number of nitro benzene ring substituents is 1. The Labute approximate surface area is 186 Å². The predicted molar refractivity (Wildman–Crippen MR) is 113 cm³/mol. The summed E-state index contributed by atoms with van der Waals surface area (Å²) in [6.45, 7) is 0. The second-order valence-electron chi connectivity index (χ2n) is 5.96. The number of hydrogen-bond acceptors (Lipinski definition) is 6. The molecule has 0 saturated carbocycles. The smallest absolute Gasteiger partial charge is 0.416 e. The molecule has 3 rings (SSSR count). The quantitative estimate of drug-likeness (QED) is 0.214. The average Bonchev–Trinajstić information content (AvgIpc) is 2.90. The molecule has 0 aliphatic carbocycles. The van der Waals surface area contributed by atoms with E-state index in [9.17, 15) is 28.1 Å². The van der Waals surface area contributed by atoms with E-state index < -0.39 is 22.4 Å². The second kappa shape index (κ2) is 8.36. The van der Waals surface area contributed by atoms with Gasteiger partial charge in [0.15, 0.2) is 0 Å². The maximum Gasteiger partial charge on any atom is 0.416 e. The molecule has 0 unspecified atom stereocenters. The molecule has 2 aromatic carbocycles. The second-order valence-corrected chi connectivity index (χ2v) is 8.55. The van der Waals surface area contributed by atoms with Crippen molar-refractivity contribution in [3.63, 3.8) is 0 Å². The summed E-state index contributed by atoms with van der Waals surface area (Å²) in [5, 5.41) is 11.3. The van der Waals surface area contributed by atoms with E-state index in [4.69, 9.17) is 17.0 Å². The fourth-order valence-electron chi connectivity index (χ4n) is 2.45. The lowest BCUT2D eigenvalue weighted by Gasteiger charge is -2.12. The molecule has 1 aliphatic heterocycles. The van der Waals surface area contributed by atoms with Crippen LogP contribution in [0.5, 0.6) is 11.5 Å². The average molecular weight is 519 g/mol. The van der Waals surface area contributed by atoms with E-state index in [-0.39, 0.29) is 17.4 Å². The van der Waals surface area contributed by atoms with Crippen LogP contribution in [0.15, 0.2) is 45.8 Å². The van der Waals surface area contributed by atoms with Crippen molar-refractivity contribution in [2.24, 2.45) is 0 Å². The molecule has 0 spiro atoms. The minimum Gasteiger partial charge on any atom is -0.449 e. The number of thiocarbonyl (C=S) groups is 1. The van der Waals surface area contributed by atoms with Gasteiger partial charge in [0.25, 0.3) is 5.91 Å². The highest BCUT2D eigenvalue weighted by Crippen LogP contribution is 2.40. The van der Waals surface area contributed by atoms with E-state index in [0.717, 1.165) is 17.8 Å². The van der Waals surface area contributed by atoms with Gasteiger partial charge in [-0.2, -0.15) is 13.2 Å². The topological polar surface area (TPSA) is 72.7 Å². The van der Waals surface area contributed by atoms with Gasteiger partial charge in [0.05, 0.1) is 15.4 Å². The summed E-state index contributed by atoms with van der Waals surface area (Å²) in [6.07, 6.45) is -3.24. The Morgan fingerprint density at radius 3 is 2.47 bits per heavy atom. The number of benzene rings is 2. The Morgan fingerprint density at radius 2 is 1.90 bits per heavy atom. The lowest BCUT2D eigenvalue weighted by Crippen LogP contribution is -2.22. The van der Waals surface area contributed by atoms with Gasteiger partial charge >= 0.3 is 11.9 Å². The molecule has 0 radical (unpaired) electrons. The molecule has 6 nitrogen and oxygen atoms in total. The number of ether oxygens (including phenoxy) is 1. The van der Waals surface area contributed by atoms with Crippen molar-refractivity contribution in [1.29, 1.82) is 0 Å². The molecule has 1 aliphatic rings. The Balaban J connectivity index is 2.04. The number of rotatable bonds is 4. The number of likely N-dealkylation sites (N-methyl/N-ethyl adjacent to an activating group) is 1. The van der Waals surface area contributed by atoms with Gasteiger partial charge in [-0.15, -0.1) is 0 Å². The Hall–Kier alpha value is -2.44. The van der Waals surface area contributed by atoms with Crippen LogP contribution in [0, 0.1) is 10.1 Å². The molecular formula is C18H10BrF3N2O4S2. The predicted octanol–water partition coefficient (Wildman–Crippen LogP) is 6.00. The summed E-state index contributed by atoms with van der Waals surface area (Å²) < 4.78 is 45.3. The molecule has 1 amide bonds. The van der Waals surface area contributed by atoms with E-state index in [1.807, 2.05) is 0 Å². The molecule has 0 atom stereocenters. The summed E-state index contributed by atoms with van der Waals surface area (Å²) in [6, 6.07) is 6.67. The number of amides is 1. The molecule has 1 heterocycles. The van der Waals surface area contributed by atoms with Crippen LogP contribution in [0.25, 0.3) is 6.08 Å². The molecule has 2 aromatic rings. The van der Waals surface area contributed by atoms with Gasteiger partial charge < -0.3 is 4.74 Å². The van der Waals surface area contributed by atoms with Crippen molar-refractivity contribution in [1.82, 2.24) is 4.90 Å². The SMILES string of the molecule is CN1C(=O)/C(=C/c2cc(Br)ccc2Oc2ccc(C(F)(F)F)cc2[N+](=O)[O-])SC1=S. The number of halogens is 4. The van der Waals surface area contributed by atoms with E-state index in [0.29, 0.717) is 31.4 Å². The monoisotopic (exact) mass is 518 g/mol. The zero-order valence-electron chi connectivity index (χ0n) is 14.9. The van der Waals surface area contributed by atoms with Gasteiger partial charge in [0.1, 0.15) is 10.1 Å². The Bertz CT molecular complexity index is 1110. The minimum absolute atomic E-state index is 0.113. The van der Waals surface area contributed by atoms with E-state index in [2.05, 4.69) is 15.9 Å². The Morgan fingerprint density at radius 1 is 1.23 bits per heavy atom. The van der Waals surface area contributed by atoms with Crippen LogP contribution < -0.4 is 4.74 Å². The fraction of sp³-hybridized carbons (Fsp3) is 0.111. The third-order valence-electron chi connectivity index (χ3n) is 3.95. The number of nitrogens with zero attached hydrogens (tertiary/aromatic N) is 2. The number of nitro groups is 1. The number of carbonyl (C=O) groups is 1. The van der Waals surface area contributed by atoms with Crippen LogP contribution in [0.2, 0.25) is 0 Å². The highest BCUT2D eigenvalue weighted by Gasteiger charge is 2.34. The molecule has 12 heteroatoms. The van der Waals surface area contributed by atoms with Crippen LogP contribution in [-0.2, 0) is 11.0 Å². The maximum absolute atomic E-state index is 12.9. The van der Waals surface area contributed by atoms with Crippen molar-refractivity contribution in [2.45, 2.75) is 6.18 Å². The van der Waals surface area contributed by atoms with Crippen LogP contribution in [0.4, 0.5) is 18.9 Å². The molecule has 156 valence electrons. The lowest BCUT2D eigenvalue weighted by atomic mass is 10.1. The summed E-state index contributed by atoms with van der Waals surface area (Å²) in [7, 11) is 1.53. The Kier molecular flexibility index (Phi) is 6.20. The van der Waals surface area contributed by atoms with Crippen molar-refractivity contribution in [3.8, 4) is 11.5 Å². The van der Waals surface area contributed by atoms with Crippen LogP contribution in [-0.4, -0.2) is 27.1 Å². The van der Waals surface area contributed by atoms with E-state index in [1.54, 1.807) is 12.1 Å². The number of carbonyl (C=O) groups excluding carboxylic acids is 1. The van der Waals surface area contributed by atoms with Gasteiger partial charge in [-0.3, -0.25) is 19.8 Å². The third-order valence-corrected chi connectivity index (χ3v) is 5.93. The zero-order valence-corrected chi connectivity index (χ0v) is 18.1. The molecule has 30 heavy (non-hydrogen) atoms. The molecule has 1 saturated heterocycles. The van der Waals surface area contributed by atoms with Gasteiger partial charge in [-0.1, -0.05) is 39.9 Å². The normalized spacial score (nSPS) is 15.8. The summed E-state index contributed by atoms with van der Waals surface area (Å²) in [5.41, 5.74) is -1.62. The molecule has 0 aromatic heterocycles. The highest BCUT2D eigenvalue weighted by molar-refractivity contribution is 9.10. The van der Waals surface area contributed by atoms with Crippen molar-refractivity contribution >= 4 is 61.9 Å².